The van der Waals surface area contributed by atoms with E-state index >= 15 is 0 Å². The van der Waals surface area contributed by atoms with Crippen LogP contribution in [0.15, 0.2) is 78.9 Å². The zero-order chi connectivity index (χ0) is 18.5. The molecule has 3 rings (SSSR count). The highest BCUT2D eigenvalue weighted by molar-refractivity contribution is 6.10. The minimum absolute atomic E-state index is 0.0206. The molecule has 0 spiro atoms. The largest absolute Gasteiger partial charge is 0.507 e. The van der Waals surface area contributed by atoms with Crippen LogP contribution in [0.2, 0.25) is 0 Å². The zero-order valence-corrected chi connectivity index (χ0v) is 13.9. The predicted molar refractivity (Wildman–Crippen MR) is 98.5 cm³/mol. The summed E-state index contributed by atoms with van der Waals surface area (Å²) in [5, 5.41) is 19.6. The van der Waals surface area contributed by atoms with Crippen molar-refractivity contribution < 1.29 is 19.8 Å². The van der Waals surface area contributed by atoms with Crippen molar-refractivity contribution in [3.05, 3.63) is 95.6 Å². The molecule has 130 valence electrons. The van der Waals surface area contributed by atoms with Gasteiger partial charge in [-0.1, -0.05) is 54.6 Å². The molecule has 0 aliphatic carbocycles. The Bertz CT molecular complexity index is 938. The number of nitrogens with zero attached hydrogens (tertiary/aromatic N) is 1. The highest BCUT2D eigenvalue weighted by atomic mass is 16.4. The Morgan fingerprint density at radius 2 is 1.35 bits per heavy atom. The maximum Gasteiger partial charge on any atom is 0.337 e. The van der Waals surface area contributed by atoms with Crippen LogP contribution in [-0.2, 0) is 6.54 Å². The zero-order valence-electron chi connectivity index (χ0n) is 13.9. The van der Waals surface area contributed by atoms with Crippen molar-refractivity contribution in [2.45, 2.75) is 6.54 Å². The van der Waals surface area contributed by atoms with Gasteiger partial charge in [0.1, 0.15) is 5.75 Å². The van der Waals surface area contributed by atoms with E-state index in [4.69, 9.17) is 0 Å². The number of aromatic carboxylic acids is 1. The minimum Gasteiger partial charge on any atom is -0.507 e. The van der Waals surface area contributed by atoms with Crippen LogP contribution < -0.4 is 4.90 Å². The minimum atomic E-state index is -1.12. The van der Waals surface area contributed by atoms with Gasteiger partial charge in [0, 0.05) is 0 Å². The summed E-state index contributed by atoms with van der Waals surface area (Å²) < 4.78 is 0. The second-order valence-electron chi connectivity index (χ2n) is 5.72. The van der Waals surface area contributed by atoms with E-state index in [1.54, 1.807) is 30.3 Å². The molecule has 0 fully saturated rings. The van der Waals surface area contributed by atoms with Gasteiger partial charge in [0.2, 0.25) is 0 Å². The normalized spacial score (nSPS) is 10.3. The van der Waals surface area contributed by atoms with Crippen LogP contribution >= 0.6 is 0 Å². The van der Waals surface area contributed by atoms with Crippen molar-refractivity contribution in [1.82, 2.24) is 0 Å². The lowest BCUT2D eigenvalue weighted by molar-refractivity contribution is 0.0697. The third-order valence-corrected chi connectivity index (χ3v) is 3.99. The van der Waals surface area contributed by atoms with Crippen LogP contribution in [0.4, 0.5) is 5.69 Å². The van der Waals surface area contributed by atoms with Crippen molar-refractivity contribution >= 4 is 17.6 Å². The Morgan fingerprint density at radius 3 is 2.00 bits per heavy atom. The molecule has 0 atom stereocenters. The number of carboxylic acids is 1. The molecular weight excluding hydrogens is 330 g/mol. The molecule has 3 aromatic rings. The van der Waals surface area contributed by atoms with Crippen LogP contribution in [0.25, 0.3) is 0 Å². The molecule has 0 saturated carbocycles. The number of carboxylic acid groups (broad SMARTS) is 1. The number of anilines is 1. The quantitative estimate of drug-likeness (QED) is 0.733. The maximum atomic E-state index is 13.1. The van der Waals surface area contributed by atoms with E-state index in [1.165, 1.54) is 23.1 Å². The van der Waals surface area contributed by atoms with Crippen LogP contribution in [0.5, 0.6) is 5.75 Å². The van der Waals surface area contributed by atoms with Crippen molar-refractivity contribution in [2.75, 3.05) is 4.90 Å². The fourth-order valence-corrected chi connectivity index (χ4v) is 2.72. The van der Waals surface area contributed by atoms with Crippen molar-refractivity contribution in [3.8, 4) is 5.75 Å². The van der Waals surface area contributed by atoms with Gasteiger partial charge in [-0.15, -0.1) is 0 Å². The smallest absolute Gasteiger partial charge is 0.337 e. The Labute approximate surface area is 150 Å². The summed E-state index contributed by atoms with van der Waals surface area (Å²) in [7, 11) is 0. The Morgan fingerprint density at radius 1 is 0.769 bits per heavy atom. The molecule has 0 bridgehead atoms. The van der Waals surface area contributed by atoms with E-state index < -0.39 is 11.9 Å². The highest BCUT2D eigenvalue weighted by Crippen LogP contribution is 2.27. The van der Waals surface area contributed by atoms with E-state index in [-0.39, 0.29) is 29.1 Å². The lowest BCUT2D eigenvalue weighted by Gasteiger charge is -2.25. The monoisotopic (exact) mass is 347 g/mol. The van der Waals surface area contributed by atoms with Gasteiger partial charge >= 0.3 is 5.97 Å². The Balaban J connectivity index is 2.10. The maximum absolute atomic E-state index is 13.1. The Kier molecular flexibility index (Phi) is 4.99. The van der Waals surface area contributed by atoms with Crippen molar-refractivity contribution in [2.24, 2.45) is 0 Å². The number of hydrogen-bond acceptors (Lipinski definition) is 3. The first-order valence-corrected chi connectivity index (χ1v) is 8.04. The van der Waals surface area contributed by atoms with E-state index in [0.29, 0.717) is 0 Å². The molecule has 0 aromatic heterocycles. The van der Waals surface area contributed by atoms with Gasteiger partial charge in [0.15, 0.2) is 0 Å². The van der Waals surface area contributed by atoms with Gasteiger partial charge in [-0.2, -0.15) is 0 Å². The number of phenolic OH excluding ortho intramolecular Hbond substituents is 1. The molecule has 0 aliphatic rings. The highest BCUT2D eigenvalue weighted by Gasteiger charge is 2.24. The third kappa shape index (κ3) is 3.57. The van der Waals surface area contributed by atoms with Crippen LogP contribution in [-0.4, -0.2) is 22.1 Å². The number of hydrogen-bond donors (Lipinski definition) is 2. The second kappa shape index (κ2) is 7.53. The first-order chi connectivity index (χ1) is 12.6. The standard InChI is InChI=1S/C21H17NO4/c23-19-13-7-5-11-17(19)20(24)22(14-15-8-2-1-3-9-15)18-12-6-4-10-16(18)21(25)26/h1-13,23H,14H2,(H,25,26). The topological polar surface area (TPSA) is 77.8 Å². The van der Waals surface area contributed by atoms with Gasteiger partial charge in [0.05, 0.1) is 23.4 Å². The van der Waals surface area contributed by atoms with Crippen LogP contribution in [0, 0.1) is 0 Å². The first kappa shape index (κ1) is 17.2. The fourth-order valence-electron chi connectivity index (χ4n) is 2.72. The van der Waals surface area contributed by atoms with E-state index in [9.17, 15) is 19.8 Å². The third-order valence-electron chi connectivity index (χ3n) is 3.99. The Hall–Kier alpha value is -3.60. The molecule has 3 aromatic carbocycles. The molecule has 5 heteroatoms. The van der Waals surface area contributed by atoms with Crippen molar-refractivity contribution in [1.29, 1.82) is 0 Å². The fraction of sp³-hybridized carbons (Fsp3) is 0.0476. The van der Waals surface area contributed by atoms with Gasteiger partial charge in [-0.05, 0) is 29.8 Å². The van der Waals surface area contributed by atoms with Crippen molar-refractivity contribution in [3.63, 3.8) is 0 Å². The molecule has 5 nitrogen and oxygen atoms in total. The summed E-state index contributed by atoms with van der Waals surface area (Å²) in [6, 6.07) is 21.8. The molecule has 0 heterocycles. The molecule has 0 radical (unpaired) electrons. The molecule has 26 heavy (non-hydrogen) atoms. The van der Waals surface area contributed by atoms with E-state index in [0.717, 1.165) is 5.56 Å². The van der Waals surface area contributed by atoms with Gasteiger partial charge in [0.25, 0.3) is 5.91 Å². The average molecular weight is 347 g/mol. The van der Waals surface area contributed by atoms with Crippen LogP contribution in [0.1, 0.15) is 26.3 Å². The molecule has 0 unspecified atom stereocenters. The number of carbonyl (C=O) groups excluding carboxylic acids is 1. The van der Waals surface area contributed by atoms with Gasteiger partial charge in [-0.25, -0.2) is 4.79 Å². The SMILES string of the molecule is O=C(O)c1ccccc1N(Cc1ccccc1)C(=O)c1ccccc1O. The number of benzene rings is 3. The number of phenols is 1. The first-order valence-electron chi connectivity index (χ1n) is 8.04. The number of carbonyl (C=O) groups is 2. The van der Waals surface area contributed by atoms with Gasteiger partial charge < -0.3 is 15.1 Å². The average Bonchev–Trinajstić information content (AvgIpc) is 2.67. The number of rotatable bonds is 5. The number of para-hydroxylation sites is 2. The summed E-state index contributed by atoms with van der Waals surface area (Å²) in [5.74, 6) is -1.74. The van der Waals surface area contributed by atoms with Gasteiger partial charge in [-0.3, -0.25) is 4.79 Å². The molecule has 0 aliphatic heterocycles. The second-order valence-corrected chi connectivity index (χ2v) is 5.72. The molecular formula is C21H17NO4. The summed E-state index contributed by atoms with van der Waals surface area (Å²) in [5.41, 5.74) is 1.25. The van der Waals surface area contributed by atoms with Crippen LogP contribution in [0.3, 0.4) is 0 Å². The predicted octanol–water partition coefficient (Wildman–Crippen LogP) is 3.94. The molecule has 1 amide bonds. The lowest BCUT2D eigenvalue weighted by atomic mass is 10.1. The summed E-state index contributed by atoms with van der Waals surface area (Å²) in [4.78, 5) is 26.1. The molecule has 0 saturated heterocycles. The summed E-state index contributed by atoms with van der Waals surface area (Å²) in [6.07, 6.45) is 0. The van der Waals surface area contributed by atoms with E-state index in [2.05, 4.69) is 0 Å². The summed E-state index contributed by atoms with van der Waals surface area (Å²) >= 11 is 0. The van der Waals surface area contributed by atoms with E-state index in [1.807, 2.05) is 30.3 Å². The number of amides is 1. The summed E-state index contributed by atoms with van der Waals surface area (Å²) in [6.45, 7) is 0.179. The number of aromatic hydroxyl groups is 1. The molecule has 2 N–H and O–H groups in total. The lowest BCUT2D eigenvalue weighted by Crippen LogP contribution is -2.31.